The Morgan fingerprint density at radius 3 is 2.05 bits per heavy atom. The van der Waals surface area contributed by atoms with Crippen LogP contribution in [0.3, 0.4) is 0 Å². The zero-order chi connectivity index (χ0) is 15.1. The second-order valence-electron chi connectivity index (χ2n) is 4.56. The van der Waals surface area contributed by atoms with E-state index in [9.17, 15) is 0 Å². The smallest absolute Gasteiger partial charge is 0.161 e. The van der Waals surface area contributed by atoms with Crippen molar-refractivity contribution in [1.29, 1.82) is 0 Å². The Morgan fingerprint density at radius 1 is 0.810 bits per heavy atom. The molecule has 2 N–H and O–H groups in total. The summed E-state index contributed by atoms with van der Waals surface area (Å²) in [5.74, 6) is 2.16. The fraction of sp³-hybridized carbons (Fsp3) is 0.294. The molecule has 2 aromatic carbocycles. The summed E-state index contributed by atoms with van der Waals surface area (Å²) in [4.78, 5) is 0. The Labute approximate surface area is 125 Å². The molecule has 0 heterocycles. The van der Waals surface area contributed by atoms with Gasteiger partial charge >= 0.3 is 0 Å². The zero-order valence-electron chi connectivity index (χ0n) is 12.5. The van der Waals surface area contributed by atoms with Crippen molar-refractivity contribution in [2.24, 2.45) is 0 Å². The quantitative estimate of drug-likeness (QED) is 0.626. The maximum atomic E-state index is 5.95. The molecule has 21 heavy (non-hydrogen) atoms. The number of rotatable bonds is 7. The Balaban J connectivity index is 1.86. The highest BCUT2D eigenvalue weighted by atomic mass is 16.5. The molecule has 0 saturated heterocycles. The summed E-state index contributed by atoms with van der Waals surface area (Å²) in [5.41, 5.74) is 7.64. The van der Waals surface area contributed by atoms with E-state index in [0.717, 1.165) is 17.1 Å². The SMILES string of the molecule is CCOc1ccccc1OCCOc1cccc(C)c1N. The molecule has 0 aromatic heterocycles. The fourth-order valence-electron chi connectivity index (χ4n) is 1.93. The van der Waals surface area contributed by atoms with Gasteiger partial charge in [-0.15, -0.1) is 0 Å². The van der Waals surface area contributed by atoms with Crippen LogP contribution in [0, 0.1) is 6.92 Å². The van der Waals surface area contributed by atoms with Crippen molar-refractivity contribution in [2.45, 2.75) is 13.8 Å². The molecule has 0 amide bonds. The summed E-state index contributed by atoms with van der Waals surface area (Å²) in [7, 11) is 0. The van der Waals surface area contributed by atoms with Gasteiger partial charge in [0.1, 0.15) is 19.0 Å². The topological polar surface area (TPSA) is 53.7 Å². The van der Waals surface area contributed by atoms with Crippen molar-refractivity contribution in [3.05, 3.63) is 48.0 Å². The van der Waals surface area contributed by atoms with Crippen molar-refractivity contribution in [3.63, 3.8) is 0 Å². The van der Waals surface area contributed by atoms with Gasteiger partial charge in [-0.2, -0.15) is 0 Å². The average molecular weight is 287 g/mol. The van der Waals surface area contributed by atoms with Crippen molar-refractivity contribution >= 4 is 5.69 Å². The number of nitrogens with two attached hydrogens (primary N) is 1. The van der Waals surface area contributed by atoms with E-state index in [-0.39, 0.29) is 0 Å². The van der Waals surface area contributed by atoms with Gasteiger partial charge in [-0.25, -0.2) is 0 Å². The van der Waals surface area contributed by atoms with E-state index >= 15 is 0 Å². The summed E-state index contributed by atoms with van der Waals surface area (Å²) >= 11 is 0. The van der Waals surface area contributed by atoms with Crippen LogP contribution < -0.4 is 19.9 Å². The van der Waals surface area contributed by atoms with E-state index in [1.54, 1.807) is 0 Å². The van der Waals surface area contributed by atoms with Crippen LogP contribution in [-0.2, 0) is 0 Å². The minimum absolute atomic E-state index is 0.425. The Kier molecular flexibility index (Phi) is 5.32. The molecule has 0 bridgehead atoms. The zero-order valence-corrected chi connectivity index (χ0v) is 12.5. The maximum absolute atomic E-state index is 5.95. The lowest BCUT2D eigenvalue weighted by Gasteiger charge is -2.13. The van der Waals surface area contributed by atoms with E-state index in [0.29, 0.717) is 31.3 Å². The first kappa shape index (κ1) is 15.0. The molecule has 0 aliphatic carbocycles. The van der Waals surface area contributed by atoms with Gasteiger partial charge in [0, 0.05) is 0 Å². The van der Waals surface area contributed by atoms with Gasteiger partial charge in [0.25, 0.3) is 0 Å². The molecule has 112 valence electrons. The van der Waals surface area contributed by atoms with Crippen LogP contribution in [-0.4, -0.2) is 19.8 Å². The molecule has 0 aliphatic rings. The van der Waals surface area contributed by atoms with E-state index < -0.39 is 0 Å². The summed E-state index contributed by atoms with van der Waals surface area (Å²) < 4.78 is 16.8. The lowest BCUT2D eigenvalue weighted by molar-refractivity contribution is 0.209. The van der Waals surface area contributed by atoms with Crippen molar-refractivity contribution in [2.75, 3.05) is 25.6 Å². The molecule has 0 spiro atoms. The second kappa shape index (κ2) is 7.43. The van der Waals surface area contributed by atoms with Gasteiger partial charge in [-0.05, 0) is 37.6 Å². The second-order valence-corrected chi connectivity index (χ2v) is 4.56. The number of ether oxygens (including phenoxy) is 3. The number of aryl methyl sites for hydroxylation is 1. The van der Waals surface area contributed by atoms with Crippen LogP contribution in [0.25, 0.3) is 0 Å². The minimum Gasteiger partial charge on any atom is -0.490 e. The van der Waals surface area contributed by atoms with Crippen LogP contribution in [0.2, 0.25) is 0 Å². The van der Waals surface area contributed by atoms with Crippen LogP contribution in [0.4, 0.5) is 5.69 Å². The summed E-state index contributed by atoms with van der Waals surface area (Å²) in [6.45, 7) is 5.36. The summed E-state index contributed by atoms with van der Waals surface area (Å²) in [6, 6.07) is 13.3. The Morgan fingerprint density at radius 2 is 1.38 bits per heavy atom. The third-order valence-corrected chi connectivity index (χ3v) is 3.03. The predicted octanol–water partition coefficient (Wildman–Crippen LogP) is 3.43. The highest BCUT2D eigenvalue weighted by Gasteiger charge is 2.05. The standard InChI is InChI=1S/C17H21NO3/c1-3-19-14-8-4-5-9-15(14)20-11-12-21-16-10-6-7-13(2)17(16)18/h4-10H,3,11-12,18H2,1-2H3. The monoisotopic (exact) mass is 287 g/mol. The molecule has 2 aromatic rings. The first-order valence-electron chi connectivity index (χ1n) is 7.05. The van der Waals surface area contributed by atoms with Crippen molar-refractivity contribution in [1.82, 2.24) is 0 Å². The third kappa shape index (κ3) is 4.05. The van der Waals surface area contributed by atoms with E-state index in [2.05, 4.69) is 0 Å². The fourth-order valence-corrected chi connectivity index (χ4v) is 1.93. The molecular formula is C17H21NO3. The molecule has 4 nitrogen and oxygen atoms in total. The number of hydrogen-bond donors (Lipinski definition) is 1. The van der Waals surface area contributed by atoms with Crippen molar-refractivity contribution in [3.8, 4) is 17.2 Å². The van der Waals surface area contributed by atoms with Gasteiger partial charge in [0.05, 0.1) is 12.3 Å². The molecule has 0 aliphatic heterocycles. The lowest BCUT2D eigenvalue weighted by atomic mass is 10.2. The van der Waals surface area contributed by atoms with Crippen LogP contribution in [0.5, 0.6) is 17.2 Å². The van der Waals surface area contributed by atoms with Crippen LogP contribution in [0.15, 0.2) is 42.5 Å². The Bertz CT molecular complexity index is 584. The number of benzene rings is 2. The summed E-state index contributed by atoms with van der Waals surface area (Å²) in [6.07, 6.45) is 0. The molecule has 2 rings (SSSR count). The van der Waals surface area contributed by atoms with Gasteiger partial charge < -0.3 is 19.9 Å². The molecule has 0 atom stereocenters. The number of anilines is 1. The first-order valence-corrected chi connectivity index (χ1v) is 7.05. The minimum atomic E-state index is 0.425. The van der Waals surface area contributed by atoms with E-state index in [1.807, 2.05) is 56.3 Å². The molecule has 4 heteroatoms. The molecule has 0 unspecified atom stereocenters. The highest BCUT2D eigenvalue weighted by molar-refractivity contribution is 5.57. The number of nitrogen functional groups attached to an aromatic ring is 1. The third-order valence-electron chi connectivity index (χ3n) is 3.03. The molecular weight excluding hydrogens is 266 g/mol. The van der Waals surface area contributed by atoms with Gasteiger partial charge in [0.15, 0.2) is 11.5 Å². The van der Waals surface area contributed by atoms with Crippen LogP contribution >= 0.6 is 0 Å². The number of para-hydroxylation sites is 3. The van der Waals surface area contributed by atoms with Crippen LogP contribution in [0.1, 0.15) is 12.5 Å². The average Bonchev–Trinajstić information content (AvgIpc) is 2.49. The molecule has 0 radical (unpaired) electrons. The maximum Gasteiger partial charge on any atom is 0.161 e. The normalized spacial score (nSPS) is 10.2. The van der Waals surface area contributed by atoms with Gasteiger partial charge in [0.2, 0.25) is 0 Å². The summed E-state index contributed by atoms with van der Waals surface area (Å²) in [5, 5.41) is 0. The van der Waals surface area contributed by atoms with E-state index in [4.69, 9.17) is 19.9 Å². The lowest BCUT2D eigenvalue weighted by Crippen LogP contribution is -2.11. The van der Waals surface area contributed by atoms with E-state index in [1.165, 1.54) is 0 Å². The van der Waals surface area contributed by atoms with Gasteiger partial charge in [-0.3, -0.25) is 0 Å². The van der Waals surface area contributed by atoms with Crippen molar-refractivity contribution < 1.29 is 14.2 Å². The largest absolute Gasteiger partial charge is 0.490 e. The highest BCUT2D eigenvalue weighted by Crippen LogP contribution is 2.27. The predicted molar refractivity (Wildman–Crippen MR) is 84.2 cm³/mol. The molecule has 0 saturated carbocycles. The molecule has 0 fully saturated rings. The Hall–Kier alpha value is -2.36. The first-order chi connectivity index (χ1) is 10.2. The van der Waals surface area contributed by atoms with Gasteiger partial charge in [-0.1, -0.05) is 24.3 Å². The number of hydrogen-bond acceptors (Lipinski definition) is 4.